The highest BCUT2D eigenvalue weighted by Gasteiger charge is 2.13. The minimum atomic E-state index is -0.0923. The molecule has 0 aromatic heterocycles. The van der Waals surface area contributed by atoms with Crippen LogP contribution < -0.4 is 0 Å². The van der Waals surface area contributed by atoms with Crippen LogP contribution in [0.15, 0.2) is 30.3 Å². The molecule has 0 N–H and O–H groups in total. The van der Waals surface area contributed by atoms with Crippen molar-refractivity contribution in [1.82, 2.24) is 0 Å². The average Bonchev–Trinajstić information content (AvgIpc) is 2.37. The summed E-state index contributed by atoms with van der Waals surface area (Å²) < 4.78 is 5.49. The molecule has 2 heteroatoms. The normalized spacial score (nSPS) is 12.1. The van der Waals surface area contributed by atoms with Crippen LogP contribution in [0.5, 0.6) is 0 Å². The number of ether oxygens (including phenoxy) is 1. The van der Waals surface area contributed by atoms with Gasteiger partial charge in [-0.15, -0.1) is 0 Å². The van der Waals surface area contributed by atoms with E-state index in [-0.39, 0.29) is 12.1 Å². The summed E-state index contributed by atoms with van der Waals surface area (Å²) in [5.74, 6) is -0.0749. The maximum Gasteiger partial charge on any atom is 0.306 e. The first-order valence-corrected chi connectivity index (χ1v) is 6.52. The van der Waals surface area contributed by atoms with E-state index >= 15 is 0 Å². The molecule has 0 saturated heterocycles. The Morgan fingerprint density at radius 2 is 1.88 bits per heavy atom. The van der Waals surface area contributed by atoms with E-state index < -0.39 is 0 Å². The minimum absolute atomic E-state index is 0.0749. The Labute approximate surface area is 104 Å². The molecule has 1 rings (SSSR count). The predicted molar refractivity (Wildman–Crippen MR) is 69.7 cm³/mol. The second kappa shape index (κ2) is 7.88. The number of carbonyl (C=O) groups excluding carboxylic acids is 1. The fourth-order valence-corrected chi connectivity index (χ4v) is 1.79. The summed E-state index contributed by atoms with van der Waals surface area (Å²) in [6.07, 6.45) is 4.42. The Balaban J connectivity index is 2.44. The van der Waals surface area contributed by atoms with Crippen LogP contribution in [0.2, 0.25) is 0 Å². The lowest BCUT2D eigenvalue weighted by Gasteiger charge is -2.16. The molecule has 94 valence electrons. The first-order chi connectivity index (χ1) is 8.27. The van der Waals surface area contributed by atoms with Crippen LogP contribution in [0.4, 0.5) is 0 Å². The Bertz CT molecular complexity index is 319. The fourth-order valence-electron chi connectivity index (χ4n) is 1.79. The predicted octanol–water partition coefficient (Wildman–Crippen LogP) is 4.26. The van der Waals surface area contributed by atoms with E-state index in [1.54, 1.807) is 0 Å². The van der Waals surface area contributed by atoms with Gasteiger partial charge in [0.25, 0.3) is 0 Å². The maximum absolute atomic E-state index is 11.6. The van der Waals surface area contributed by atoms with Crippen molar-refractivity contribution in [3.8, 4) is 0 Å². The first-order valence-electron chi connectivity index (χ1n) is 6.52. The molecular weight excluding hydrogens is 212 g/mol. The van der Waals surface area contributed by atoms with Crippen LogP contribution >= 0.6 is 0 Å². The number of hydrogen-bond acceptors (Lipinski definition) is 2. The zero-order valence-electron chi connectivity index (χ0n) is 10.8. The van der Waals surface area contributed by atoms with Crippen molar-refractivity contribution in [2.75, 3.05) is 0 Å². The second-order valence-corrected chi connectivity index (χ2v) is 4.25. The highest BCUT2D eigenvalue weighted by atomic mass is 16.5. The maximum atomic E-state index is 11.6. The van der Waals surface area contributed by atoms with Crippen molar-refractivity contribution in [2.24, 2.45) is 0 Å². The topological polar surface area (TPSA) is 26.3 Å². The van der Waals surface area contributed by atoms with Crippen LogP contribution in [-0.4, -0.2) is 5.97 Å². The first kappa shape index (κ1) is 13.8. The van der Waals surface area contributed by atoms with Gasteiger partial charge >= 0.3 is 5.97 Å². The average molecular weight is 234 g/mol. The molecule has 0 radical (unpaired) electrons. The molecule has 0 bridgehead atoms. The van der Waals surface area contributed by atoms with Gasteiger partial charge in [0, 0.05) is 6.42 Å². The number of esters is 1. The lowest BCUT2D eigenvalue weighted by molar-refractivity contribution is -0.149. The minimum Gasteiger partial charge on any atom is -0.457 e. The lowest BCUT2D eigenvalue weighted by atomic mass is 10.1. The molecular formula is C15H22O2. The van der Waals surface area contributed by atoms with Gasteiger partial charge in [-0.3, -0.25) is 4.79 Å². The van der Waals surface area contributed by atoms with Crippen LogP contribution in [0.1, 0.15) is 57.6 Å². The summed E-state index contributed by atoms with van der Waals surface area (Å²) in [6, 6.07) is 9.94. The Hall–Kier alpha value is -1.31. The highest BCUT2D eigenvalue weighted by molar-refractivity contribution is 5.69. The number of rotatable bonds is 7. The van der Waals surface area contributed by atoms with E-state index in [0.717, 1.165) is 31.2 Å². The third kappa shape index (κ3) is 5.03. The highest BCUT2D eigenvalue weighted by Crippen LogP contribution is 2.21. The zero-order chi connectivity index (χ0) is 12.5. The molecule has 0 heterocycles. The molecule has 0 spiro atoms. The molecule has 0 saturated carbocycles. The summed E-state index contributed by atoms with van der Waals surface area (Å²) in [7, 11) is 0. The van der Waals surface area contributed by atoms with Gasteiger partial charge in [0.2, 0.25) is 0 Å². The SMILES string of the molecule is CCCCCC(=O)OC(CC)c1ccccc1. The van der Waals surface area contributed by atoms with Crippen LogP contribution in [0.25, 0.3) is 0 Å². The van der Waals surface area contributed by atoms with Gasteiger partial charge in [-0.05, 0) is 18.4 Å². The molecule has 0 fully saturated rings. The van der Waals surface area contributed by atoms with Gasteiger partial charge in [0.05, 0.1) is 0 Å². The van der Waals surface area contributed by atoms with E-state index in [2.05, 4.69) is 6.92 Å². The summed E-state index contributed by atoms with van der Waals surface area (Å²) in [6.45, 7) is 4.17. The van der Waals surface area contributed by atoms with Gasteiger partial charge in [0.15, 0.2) is 0 Å². The van der Waals surface area contributed by atoms with Crippen molar-refractivity contribution in [1.29, 1.82) is 0 Å². The quantitative estimate of drug-likeness (QED) is 0.520. The molecule has 2 nitrogen and oxygen atoms in total. The molecule has 1 aromatic carbocycles. The van der Waals surface area contributed by atoms with Crippen molar-refractivity contribution in [3.05, 3.63) is 35.9 Å². The van der Waals surface area contributed by atoms with Gasteiger partial charge in [-0.25, -0.2) is 0 Å². The lowest BCUT2D eigenvalue weighted by Crippen LogP contribution is -2.10. The van der Waals surface area contributed by atoms with Crippen molar-refractivity contribution in [3.63, 3.8) is 0 Å². The smallest absolute Gasteiger partial charge is 0.306 e. The zero-order valence-corrected chi connectivity index (χ0v) is 10.8. The summed E-state index contributed by atoms with van der Waals surface area (Å²) >= 11 is 0. The monoisotopic (exact) mass is 234 g/mol. The number of unbranched alkanes of at least 4 members (excludes halogenated alkanes) is 2. The molecule has 1 aromatic rings. The fraction of sp³-hybridized carbons (Fsp3) is 0.533. The largest absolute Gasteiger partial charge is 0.457 e. The van der Waals surface area contributed by atoms with E-state index in [1.165, 1.54) is 0 Å². The Kier molecular flexibility index (Phi) is 6.38. The van der Waals surface area contributed by atoms with E-state index in [9.17, 15) is 4.79 Å². The van der Waals surface area contributed by atoms with Gasteiger partial charge < -0.3 is 4.74 Å². The van der Waals surface area contributed by atoms with Crippen molar-refractivity contribution in [2.45, 2.75) is 52.1 Å². The van der Waals surface area contributed by atoms with E-state index in [1.807, 2.05) is 37.3 Å². The molecule has 0 aliphatic carbocycles. The molecule has 0 aliphatic rings. The third-order valence-electron chi connectivity index (χ3n) is 2.80. The summed E-state index contributed by atoms with van der Waals surface area (Å²) in [5.41, 5.74) is 1.08. The summed E-state index contributed by atoms with van der Waals surface area (Å²) in [4.78, 5) is 11.6. The Morgan fingerprint density at radius 3 is 2.47 bits per heavy atom. The van der Waals surface area contributed by atoms with Crippen molar-refractivity contribution >= 4 is 5.97 Å². The van der Waals surface area contributed by atoms with Crippen LogP contribution in [0, 0.1) is 0 Å². The van der Waals surface area contributed by atoms with Crippen LogP contribution in [0.3, 0.4) is 0 Å². The van der Waals surface area contributed by atoms with Crippen LogP contribution in [-0.2, 0) is 9.53 Å². The van der Waals surface area contributed by atoms with Gasteiger partial charge in [-0.1, -0.05) is 57.0 Å². The second-order valence-electron chi connectivity index (χ2n) is 4.25. The third-order valence-corrected chi connectivity index (χ3v) is 2.80. The number of carbonyl (C=O) groups is 1. The van der Waals surface area contributed by atoms with Gasteiger partial charge in [-0.2, -0.15) is 0 Å². The van der Waals surface area contributed by atoms with Gasteiger partial charge in [0.1, 0.15) is 6.10 Å². The molecule has 1 unspecified atom stereocenters. The molecule has 1 atom stereocenters. The van der Waals surface area contributed by atoms with Crippen molar-refractivity contribution < 1.29 is 9.53 Å². The standard InChI is InChI=1S/C15H22O2/c1-3-5-7-12-15(16)17-14(4-2)13-10-8-6-9-11-13/h6,8-11,14H,3-5,7,12H2,1-2H3. The Morgan fingerprint density at radius 1 is 1.18 bits per heavy atom. The molecule has 0 aliphatic heterocycles. The van der Waals surface area contributed by atoms with E-state index in [4.69, 9.17) is 4.74 Å². The molecule has 17 heavy (non-hydrogen) atoms. The molecule has 0 amide bonds. The number of hydrogen-bond donors (Lipinski definition) is 0. The summed E-state index contributed by atoms with van der Waals surface area (Å²) in [5, 5.41) is 0. The number of benzene rings is 1. The van der Waals surface area contributed by atoms with E-state index in [0.29, 0.717) is 6.42 Å².